The molecule has 1 amide bonds. The van der Waals surface area contributed by atoms with Crippen molar-refractivity contribution in [3.63, 3.8) is 0 Å². The molecule has 0 fully saturated rings. The van der Waals surface area contributed by atoms with E-state index in [0.29, 0.717) is 10.5 Å². The van der Waals surface area contributed by atoms with Gasteiger partial charge < -0.3 is 0 Å². The van der Waals surface area contributed by atoms with Gasteiger partial charge in [0.1, 0.15) is 11.4 Å². The lowest BCUT2D eigenvalue weighted by Crippen LogP contribution is -2.14. The minimum atomic E-state index is -4.50. The summed E-state index contributed by atoms with van der Waals surface area (Å²) in [6.45, 7) is 0. The topological polar surface area (TPSA) is 54.9 Å². The maximum absolute atomic E-state index is 14.5. The van der Waals surface area contributed by atoms with E-state index in [0.717, 1.165) is 18.2 Å². The molecule has 0 atom stereocenters. The van der Waals surface area contributed by atoms with Gasteiger partial charge in [0, 0.05) is 22.5 Å². The number of aromatic nitrogens is 2. The molecule has 4 aromatic rings. The van der Waals surface area contributed by atoms with Crippen molar-refractivity contribution in [2.45, 2.75) is 6.18 Å². The molecular weight excluding hydrogens is 406 g/mol. The maximum atomic E-state index is 14.5. The molecule has 0 aliphatic carbocycles. The van der Waals surface area contributed by atoms with Gasteiger partial charge in [0.05, 0.1) is 16.8 Å². The van der Waals surface area contributed by atoms with Crippen LogP contribution in [0.5, 0.6) is 0 Å². The molecule has 2 aromatic carbocycles. The average Bonchev–Trinajstić information content (AvgIpc) is 3.19. The van der Waals surface area contributed by atoms with Crippen molar-refractivity contribution in [2.75, 3.05) is 5.32 Å². The predicted molar refractivity (Wildman–Crippen MR) is 102 cm³/mol. The second kappa shape index (κ2) is 7.25. The van der Waals surface area contributed by atoms with E-state index in [9.17, 15) is 22.4 Å². The molecule has 0 saturated carbocycles. The Labute approximate surface area is 165 Å². The summed E-state index contributed by atoms with van der Waals surface area (Å²) in [7, 11) is 0. The number of hydrogen-bond donors (Lipinski definition) is 1. The zero-order valence-electron chi connectivity index (χ0n) is 14.5. The number of nitrogens with zero attached hydrogens (tertiary/aromatic N) is 2. The van der Waals surface area contributed by atoms with Gasteiger partial charge in [-0.1, -0.05) is 18.2 Å². The largest absolute Gasteiger partial charge is 0.416 e. The number of benzene rings is 2. The summed E-state index contributed by atoms with van der Waals surface area (Å²) in [5.41, 5.74) is -0.673. The minimum absolute atomic E-state index is 0.0500. The number of amides is 1. The lowest BCUT2D eigenvalue weighted by Gasteiger charge is -2.11. The average molecular weight is 417 g/mol. The third-order valence-corrected chi connectivity index (χ3v) is 4.87. The van der Waals surface area contributed by atoms with Crippen LogP contribution < -0.4 is 5.32 Å². The molecule has 0 radical (unpaired) electrons. The lowest BCUT2D eigenvalue weighted by atomic mass is 10.0. The Morgan fingerprint density at radius 1 is 1.07 bits per heavy atom. The van der Waals surface area contributed by atoms with Crippen LogP contribution in [0.4, 0.5) is 22.7 Å². The normalized spacial score (nSPS) is 11.6. The summed E-state index contributed by atoms with van der Waals surface area (Å²) in [6, 6.07) is 10.4. The fourth-order valence-electron chi connectivity index (χ4n) is 2.84. The molecule has 4 rings (SSSR count). The van der Waals surface area contributed by atoms with E-state index in [1.54, 1.807) is 11.4 Å². The molecule has 2 heterocycles. The number of pyridine rings is 1. The van der Waals surface area contributed by atoms with Gasteiger partial charge in [0.25, 0.3) is 5.91 Å². The molecule has 1 N–H and O–H groups in total. The van der Waals surface area contributed by atoms with Crippen molar-refractivity contribution in [3.8, 4) is 11.3 Å². The Kier molecular flexibility index (Phi) is 4.75. The monoisotopic (exact) mass is 417 g/mol. The third-order valence-electron chi connectivity index (χ3n) is 4.18. The highest BCUT2D eigenvalue weighted by molar-refractivity contribution is 7.13. The van der Waals surface area contributed by atoms with Gasteiger partial charge in [-0.05, 0) is 30.3 Å². The van der Waals surface area contributed by atoms with E-state index in [1.165, 1.54) is 41.8 Å². The van der Waals surface area contributed by atoms with E-state index in [1.807, 2.05) is 0 Å². The Morgan fingerprint density at radius 3 is 2.59 bits per heavy atom. The quantitative estimate of drug-likeness (QED) is 0.431. The summed E-state index contributed by atoms with van der Waals surface area (Å²) in [6.07, 6.45) is -3.01. The van der Waals surface area contributed by atoms with Gasteiger partial charge in [-0.15, -0.1) is 11.3 Å². The molecule has 0 aliphatic rings. The molecule has 0 saturated heterocycles. The number of anilines is 1. The summed E-state index contributed by atoms with van der Waals surface area (Å²) < 4.78 is 53.5. The van der Waals surface area contributed by atoms with Crippen LogP contribution in [-0.2, 0) is 6.18 Å². The third kappa shape index (κ3) is 3.81. The first-order valence-electron chi connectivity index (χ1n) is 8.30. The molecule has 9 heteroatoms. The standard InChI is InChI=1S/C20H11F4N3OS/c21-14-6-4-11-5-7-15(12-2-1-3-13(10-12)20(22,23)24)26-17(11)16(14)18(28)27-19-25-8-9-29-19/h1-10H,(H,25,27,28). The van der Waals surface area contributed by atoms with E-state index >= 15 is 0 Å². The Hall–Kier alpha value is -3.33. The SMILES string of the molecule is O=C(Nc1nccs1)c1c(F)ccc2ccc(-c3cccc(C(F)(F)F)c3)nc12. The van der Waals surface area contributed by atoms with Gasteiger partial charge >= 0.3 is 6.18 Å². The number of nitrogens with one attached hydrogen (secondary N) is 1. The molecule has 2 aromatic heterocycles. The van der Waals surface area contributed by atoms with Gasteiger partial charge in [-0.3, -0.25) is 10.1 Å². The smallest absolute Gasteiger partial charge is 0.298 e. The molecule has 0 bridgehead atoms. The van der Waals surface area contributed by atoms with Crippen molar-refractivity contribution < 1.29 is 22.4 Å². The molecule has 0 aliphatic heterocycles. The van der Waals surface area contributed by atoms with Crippen LogP contribution in [0.1, 0.15) is 15.9 Å². The van der Waals surface area contributed by atoms with Crippen molar-refractivity contribution in [1.82, 2.24) is 9.97 Å². The van der Waals surface area contributed by atoms with Crippen LogP contribution in [0.3, 0.4) is 0 Å². The summed E-state index contributed by atoms with van der Waals surface area (Å²) in [5.74, 6) is -1.53. The highest BCUT2D eigenvalue weighted by atomic mass is 32.1. The number of fused-ring (bicyclic) bond motifs is 1. The van der Waals surface area contributed by atoms with Crippen molar-refractivity contribution in [1.29, 1.82) is 0 Å². The van der Waals surface area contributed by atoms with Gasteiger partial charge in [-0.2, -0.15) is 13.2 Å². The number of halogens is 4. The van der Waals surface area contributed by atoms with Gasteiger partial charge in [-0.25, -0.2) is 14.4 Å². The number of thiazole rings is 1. The van der Waals surface area contributed by atoms with Crippen LogP contribution in [0, 0.1) is 5.82 Å². The van der Waals surface area contributed by atoms with E-state index in [4.69, 9.17) is 0 Å². The lowest BCUT2D eigenvalue weighted by molar-refractivity contribution is -0.137. The predicted octanol–water partition coefficient (Wildman–Crippen LogP) is 5.77. The Balaban J connectivity index is 1.82. The van der Waals surface area contributed by atoms with Crippen molar-refractivity contribution in [2.24, 2.45) is 0 Å². The van der Waals surface area contributed by atoms with E-state index < -0.39 is 23.5 Å². The van der Waals surface area contributed by atoms with Crippen LogP contribution in [0.15, 0.2) is 60.1 Å². The molecular formula is C20H11F4N3OS. The van der Waals surface area contributed by atoms with Crippen molar-refractivity contribution in [3.05, 3.63) is 77.1 Å². The molecule has 0 spiro atoms. The molecule has 146 valence electrons. The van der Waals surface area contributed by atoms with Crippen LogP contribution in [0.25, 0.3) is 22.2 Å². The highest BCUT2D eigenvalue weighted by Gasteiger charge is 2.30. The van der Waals surface area contributed by atoms with Crippen LogP contribution in [-0.4, -0.2) is 15.9 Å². The number of carbonyl (C=O) groups is 1. The first-order valence-corrected chi connectivity index (χ1v) is 9.18. The zero-order chi connectivity index (χ0) is 20.6. The minimum Gasteiger partial charge on any atom is -0.298 e. The molecule has 4 nitrogen and oxygen atoms in total. The van der Waals surface area contributed by atoms with Crippen LogP contribution >= 0.6 is 11.3 Å². The van der Waals surface area contributed by atoms with Crippen LogP contribution in [0.2, 0.25) is 0 Å². The summed E-state index contributed by atoms with van der Waals surface area (Å²) in [5, 5.41) is 4.92. The van der Waals surface area contributed by atoms with Gasteiger partial charge in [0.2, 0.25) is 0 Å². The molecule has 0 unspecified atom stereocenters. The van der Waals surface area contributed by atoms with E-state index in [-0.39, 0.29) is 22.3 Å². The van der Waals surface area contributed by atoms with Gasteiger partial charge in [0.15, 0.2) is 5.13 Å². The number of alkyl halides is 3. The fourth-order valence-corrected chi connectivity index (χ4v) is 3.36. The first-order chi connectivity index (χ1) is 13.8. The summed E-state index contributed by atoms with van der Waals surface area (Å²) >= 11 is 1.17. The highest BCUT2D eigenvalue weighted by Crippen LogP contribution is 2.32. The summed E-state index contributed by atoms with van der Waals surface area (Å²) in [4.78, 5) is 20.8. The molecule has 29 heavy (non-hydrogen) atoms. The first kappa shape index (κ1) is 19.0. The van der Waals surface area contributed by atoms with E-state index in [2.05, 4.69) is 15.3 Å². The zero-order valence-corrected chi connectivity index (χ0v) is 15.3. The maximum Gasteiger partial charge on any atom is 0.416 e. The second-order valence-corrected chi connectivity index (χ2v) is 6.96. The fraction of sp³-hybridized carbons (Fsp3) is 0.0500. The number of rotatable bonds is 3. The Morgan fingerprint density at radius 2 is 1.86 bits per heavy atom. The Bertz CT molecular complexity index is 1210. The number of carbonyl (C=O) groups excluding carboxylic acids is 1. The second-order valence-electron chi connectivity index (χ2n) is 6.06. The van der Waals surface area contributed by atoms with Crippen molar-refractivity contribution >= 4 is 33.3 Å². The number of hydrogen-bond acceptors (Lipinski definition) is 4.